The van der Waals surface area contributed by atoms with Crippen molar-refractivity contribution in [1.29, 1.82) is 0 Å². The predicted molar refractivity (Wildman–Crippen MR) is 106 cm³/mol. The standard InChI is InChI=1S/C21H21N3O4/c1-14(16-8-10-17(11-9-16)22-15(2)25)23-27-13-18-12-20(24-28-18)19-6-4-5-7-21(19)26-3/h4-12H,13H2,1-3H3,(H,22,25)/b23-14+. The van der Waals surface area contributed by atoms with Crippen molar-refractivity contribution in [3.05, 3.63) is 65.9 Å². The molecule has 0 aliphatic carbocycles. The van der Waals surface area contributed by atoms with E-state index in [-0.39, 0.29) is 12.5 Å². The first kappa shape index (κ1) is 19.2. The van der Waals surface area contributed by atoms with Crippen LogP contribution in [0.3, 0.4) is 0 Å². The summed E-state index contributed by atoms with van der Waals surface area (Å²) in [7, 11) is 1.61. The van der Waals surface area contributed by atoms with Crippen molar-refractivity contribution in [3.63, 3.8) is 0 Å². The third kappa shape index (κ3) is 4.76. The SMILES string of the molecule is COc1ccccc1-c1cc(CO/N=C(\C)c2ccc(NC(C)=O)cc2)on1. The molecular weight excluding hydrogens is 358 g/mol. The van der Waals surface area contributed by atoms with E-state index in [9.17, 15) is 4.79 Å². The highest BCUT2D eigenvalue weighted by Gasteiger charge is 2.11. The lowest BCUT2D eigenvalue weighted by Crippen LogP contribution is -2.06. The smallest absolute Gasteiger partial charge is 0.221 e. The van der Waals surface area contributed by atoms with Gasteiger partial charge in [-0.05, 0) is 36.8 Å². The fraction of sp³-hybridized carbons (Fsp3) is 0.190. The van der Waals surface area contributed by atoms with E-state index in [1.807, 2.05) is 55.5 Å². The van der Waals surface area contributed by atoms with Crippen LogP contribution < -0.4 is 10.1 Å². The van der Waals surface area contributed by atoms with E-state index < -0.39 is 0 Å². The van der Waals surface area contributed by atoms with Crippen LogP contribution in [-0.2, 0) is 16.2 Å². The van der Waals surface area contributed by atoms with Crippen LogP contribution in [0.1, 0.15) is 25.2 Å². The van der Waals surface area contributed by atoms with Gasteiger partial charge in [0.1, 0.15) is 11.4 Å². The van der Waals surface area contributed by atoms with E-state index >= 15 is 0 Å². The van der Waals surface area contributed by atoms with Crippen molar-refractivity contribution in [2.45, 2.75) is 20.5 Å². The highest BCUT2D eigenvalue weighted by molar-refractivity contribution is 5.99. The summed E-state index contributed by atoms with van der Waals surface area (Å²) in [6.45, 7) is 3.47. The van der Waals surface area contributed by atoms with Gasteiger partial charge < -0.3 is 19.4 Å². The molecule has 0 bridgehead atoms. The molecule has 0 radical (unpaired) electrons. The molecule has 0 unspecified atom stereocenters. The molecule has 144 valence electrons. The van der Waals surface area contributed by atoms with Gasteiger partial charge in [0.15, 0.2) is 12.4 Å². The van der Waals surface area contributed by atoms with Crippen molar-refractivity contribution in [2.24, 2.45) is 5.16 Å². The van der Waals surface area contributed by atoms with Gasteiger partial charge in [0.25, 0.3) is 0 Å². The van der Waals surface area contributed by atoms with Crippen LogP contribution in [-0.4, -0.2) is 23.9 Å². The average molecular weight is 379 g/mol. The Morgan fingerprint density at radius 2 is 1.89 bits per heavy atom. The molecule has 0 saturated heterocycles. The number of carbonyl (C=O) groups excluding carboxylic acids is 1. The molecule has 1 N–H and O–H groups in total. The van der Waals surface area contributed by atoms with E-state index in [2.05, 4.69) is 15.6 Å². The minimum atomic E-state index is -0.110. The first-order chi connectivity index (χ1) is 13.6. The molecule has 2 aromatic carbocycles. The topological polar surface area (TPSA) is 86.0 Å². The molecule has 0 spiro atoms. The molecule has 1 amide bonds. The van der Waals surface area contributed by atoms with E-state index in [1.165, 1.54) is 6.92 Å². The second kappa shape index (κ2) is 8.85. The molecule has 3 rings (SSSR count). The lowest BCUT2D eigenvalue weighted by Gasteiger charge is -2.04. The Morgan fingerprint density at radius 1 is 1.14 bits per heavy atom. The summed E-state index contributed by atoms with van der Waals surface area (Å²) in [5.41, 5.74) is 3.85. The molecule has 0 atom stereocenters. The molecule has 1 aromatic heterocycles. The van der Waals surface area contributed by atoms with Crippen LogP contribution >= 0.6 is 0 Å². The van der Waals surface area contributed by atoms with E-state index in [4.69, 9.17) is 14.1 Å². The summed E-state index contributed by atoms with van der Waals surface area (Å²) in [6, 6.07) is 16.7. The van der Waals surface area contributed by atoms with E-state index in [0.717, 1.165) is 22.6 Å². The lowest BCUT2D eigenvalue weighted by atomic mass is 10.1. The Morgan fingerprint density at radius 3 is 2.61 bits per heavy atom. The number of ether oxygens (including phenoxy) is 1. The Kier molecular flexibility index (Phi) is 6.06. The van der Waals surface area contributed by atoms with Crippen LogP contribution in [0.4, 0.5) is 5.69 Å². The minimum absolute atomic E-state index is 0.110. The average Bonchev–Trinajstić information content (AvgIpc) is 3.16. The summed E-state index contributed by atoms with van der Waals surface area (Å²) in [4.78, 5) is 16.5. The summed E-state index contributed by atoms with van der Waals surface area (Å²) in [5, 5.41) is 10.9. The number of nitrogens with zero attached hydrogens (tertiary/aromatic N) is 2. The first-order valence-electron chi connectivity index (χ1n) is 8.70. The first-order valence-corrected chi connectivity index (χ1v) is 8.70. The highest BCUT2D eigenvalue weighted by atomic mass is 16.6. The van der Waals surface area contributed by atoms with Crippen LogP contribution in [0.25, 0.3) is 11.3 Å². The van der Waals surface area contributed by atoms with E-state index in [1.54, 1.807) is 13.2 Å². The molecule has 7 nitrogen and oxygen atoms in total. The van der Waals surface area contributed by atoms with Crippen LogP contribution in [0.15, 0.2) is 64.3 Å². The molecule has 3 aromatic rings. The number of rotatable bonds is 7. The predicted octanol–water partition coefficient (Wildman–Crippen LogP) is 4.25. The molecule has 28 heavy (non-hydrogen) atoms. The molecule has 0 aliphatic heterocycles. The highest BCUT2D eigenvalue weighted by Crippen LogP contribution is 2.29. The van der Waals surface area contributed by atoms with Crippen molar-refractivity contribution in [1.82, 2.24) is 5.16 Å². The maximum absolute atomic E-state index is 11.1. The molecule has 7 heteroatoms. The largest absolute Gasteiger partial charge is 0.496 e. The van der Waals surface area contributed by atoms with Gasteiger partial charge in [-0.1, -0.05) is 34.6 Å². The molecule has 1 heterocycles. The van der Waals surface area contributed by atoms with Crippen LogP contribution in [0.2, 0.25) is 0 Å². The summed E-state index contributed by atoms with van der Waals surface area (Å²) in [5.74, 6) is 1.17. The van der Waals surface area contributed by atoms with Gasteiger partial charge in [-0.25, -0.2) is 0 Å². The summed E-state index contributed by atoms with van der Waals surface area (Å²) in [6.07, 6.45) is 0. The number of hydrogen-bond acceptors (Lipinski definition) is 6. The quantitative estimate of drug-likeness (QED) is 0.490. The summed E-state index contributed by atoms with van der Waals surface area (Å²) < 4.78 is 10.7. The van der Waals surface area contributed by atoms with Gasteiger partial charge in [-0.3, -0.25) is 4.79 Å². The van der Waals surface area contributed by atoms with Crippen molar-refractivity contribution >= 4 is 17.3 Å². The fourth-order valence-electron chi connectivity index (χ4n) is 2.61. The van der Waals surface area contributed by atoms with Crippen LogP contribution in [0.5, 0.6) is 5.75 Å². The number of nitrogens with one attached hydrogen (secondary N) is 1. The van der Waals surface area contributed by atoms with Gasteiger partial charge >= 0.3 is 0 Å². The number of amides is 1. The third-order valence-electron chi connectivity index (χ3n) is 3.97. The van der Waals surface area contributed by atoms with Crippen molar-refractivity contribution in [3.8, 4) is 17.0 Å². The minimum Gasteiger partial charge on any atom is -0.496 e. The number of oxime groups is 1. The second-order valence-electron chi connectivity index (χ2n) is 6.09. The van der Waals surface area contributed by atoms with Crippen LogP contribution in [0, 0.1) is 0 Å². The fourth-order valence-corrected chi connectivity index (χ4v) is 2.61. The Hall–Kier alpha value is -3.61. The number of carbonyl (C=O) groups is 1. The van der Waals surface area contributed by atoms with Gasteiger partial charge in [0, 0.05) is 24.2 Å². The zero-order valence-electron chi connectivity index (χ0n) is 15.9. The third-order valence-corrected chi connectivity index (χ3v) is 3.97. The van der Waals surface area contributed by atoms with E-state index in [0.29, 0.717) is 17.2 Å². The number of methoxy groups -OCH3 is 1. The Labute approximate surface area is 162 Å². The lowest BCUT2D eigenvalue weighted by molar-refractivity contribution is -0.114. The number of benzene rings is 2. The van der Waals surface area contributed by atoms with Gasteiger partial charge in [0.05, 0.1) is 12.8 Å². The normalized spacial score (nSPS) is 11.2. The zero-order valence-corrected chi connectivity index (χ0v) is 15.9. The van der Waals surface area contributed by atoms with Gasteiger partial charge in [-0.15, -0.1) is 0 Å². The Bertz CT molecular complexity index is 977. The number of anilines is 1. The molecule has 0 aliphatic rings. The van der Waals surface area contributed by atoms with Gasteiger partial charge in [0.2, 0.25) is 5.91 Å². The maximum atomic E-state index is 11.1. The van der Waals surface area contributed by atoms with Crippen molar-refractivity contribution < 1.29 is 18.9 Å². The molecule has 0 saturated carbocycles. The summed E-state index contributed by atoms with van der Waals surface area (Å²) >= 11 is 0. The number of hydrogen-bond donors (Lipinski definition) is 1. The monoisotopic (exact) mass is 379 g/mol. The van der Waals surface area contributed by atoms with Gasteiger partial charge in [-0.2, -0.15) is 0 Å². The van der Waals surface area contributed by atoms with Crippen molar-refractivity contribution in [2.75, 3.05) is 12.4 Å². The Balaban J connectivity index is 1.61. The number of aromatic nitrogens is 1. The second-order valence-corrected chi connectivity index (χ2v) is 6.09. The molecular formula is C21H21N3O4. The maximum Gasteiger partial charge on any atom is 0.221 e. The molecule has 0 fully saturated rings. The zero-order chi connectivity index (χ0) is 19.9. The number of para-hydroxylation sites is 1.